The summed E-state index contributed by atoms with van der Waals surface area (Å²) in [7, 11) is 0. The summed E-state index contributed by atoms with van der Waals surface area (Å²) >= 11 is 0. The van der Waals surface area contributed by atoms with E-state index >= 15 is 0 Å². The van der Waals surface area contributed by atoms with Gasteiger partial charge in [0.2, 0.25) is 0 Å². The molecule has 11 rings (SSSR count). The molecule has 5 fully saturated rings. The van der Waals surface area contributed by atoms with Crippen molar-refractivity contribution in [3.8, 4) is 0 Å². The van der Waals surface area contributed by atoms with Crippen molar-refractivity contribution in [1.29, 1.82) is 0 Å². The topological polar surface area (TPSA) is 310 Å². The number of ether oxygens (including phenoxy) is 10. The Labute approximate surface area is 576 Å². The molecular weight excluding hydrogens is 1250 g/mol. The molecule has 5 saturated heterocycles. The van der Waals surface area contributed by atoms with E-state index in [1.807, 2.05) is 0 Å². The number of rotatable bonds is 26. The van der Waals surface area contributed by atoms with E-state index < -0.39 is 0 Å². The molecule has 11 aliphatic rings. The molecule has 97 heavy (non-hydrogen) atoms. The smallest absolute Gasteiger partial charge is 0.410 e. The first-order chi connectivity index (χ1) is 47.6. The Bertz CT molecular complexity index is 2090. The molecule has 4 amide bonds. The highest BCUT2D eigenvalue weighted by Crippen LogP contribution is 2.34. The minimum Gasteiger partial charge on any atom is -0.444 e. The lowest BCUT2D eigenvalue weighted by Crippen LogP contribution is -2.41. The number of hydrogen-bond donors (Lipinski definition) is 7. The maximum atomic E-state index is 11.8. The fraction of sp³-hybridized carbons (Fsp3) is 0.778. The number of hydrogen-bond acceptors (Lipinski definition) is 21. The van der Waals surface area contributed by atoms with Crippen LogP contribution < -0.4 is 5.32 Å². The summed E-state index contributed by atoms with van der Waals surface area (Å²) in [5.74, 6) is 0. The molecule has 5 heterocycles. The summed E-state index contributed by atoms with van der Waals surface area (Å²) in [5, 5.41) is 56.3. The summed E-state index contributed by atoms with van der Waals surface area (Å²) in [6.07, 6.45) is 50.5. The summed E-state index contributed by atoms with van der Waals surface area (Å²) in [6, 6.07) is 0.892. The molecule has 6 unspecified atom stereocenters. The molecule has 0 spiro atoms. The quantitative estimate of drug-likeness (QED) is 0.0190. The molecule has 25 heteroatoms. The molecule has 0 aromatic heterocycles. The van der Waals surface area contributed by atoms with Crippen LogP contribution in [0.2, 0.25) is 0 Å². The standard InChI is InChI=1S/4C13H21NO4.C12H23NO3.C8H12O/c4*15-8-10-17-9-7-14-11-5-3-1-2-4-6-12(11)18-13(14)16;14-8-10-16-9-7-13-11-5-3-1-2-4-6-12(11)15;1-2-4-6-8-7(9-8)5-3-1/h4*1-2,11-12,15H,3-10H2;1-2,11-15H,3-10H2;1-2,7-8H,3-6H2/b2*2-1+;3*2-1-;/t4*11?,12-;11-,12-;/m00000./s1. The number of fused-ring (bicyclic) bond motifs is 5. The van der Waals surface area contributed by atoms with Crippen molar-refractivity contribution in [2.75, 3.05) is 132 Å². The highest BCUT2D eigenvalue weighted by Gasteiger charge is 2.44. The average molecular weight is 1370 g/mol. The van der Waals surface area contributed by atoms with E-state index in [1.165, 1.54) is 25.7 Å². The largest absolute Gasteiger partial charge is 0.444 e. The molecule has 0 aromatic carbocycles. The molecule has 12 atom stereocenters. The first-order valence-electron chi connectivity index (χ1n) is 36.4. The number of amides is 4. The second-order valence-electron chi connectivity index (χ2n) is 25.5. The van der Waals surface area contributed by atoms with Crippen LogP contribution >= 0.6 is 0 Å². The molecule has 552 valence electrons. The van der Waals surface area contributed by atoms with Crippen molar-refractivity contribution in [2.24, 2.45) is 0 Å². The van der Waals surface area contributed by atoms with Gasteiger partial charge in [0, 0.05) is 38.8 Å². The van der Waals surface area contributed by atoms with Gasteiger partial charge in [0.05, 0.1) is 142 Å². The van der Waals surface area contributed by atoms with Crippen molar-refractivity contribution < 1.29 is 97.2 Å². The molecule has 0 aromatic rings. The van der Waals surface area contributed by atoms with Crippen LogP contribution in [0.5, 0.6) is 0 Å². The van der Waals surface area contributed by atoms with E-state index in [1.54, 1.807) is 19.6 Å². The highest BCUT2D eigenvalue weighted by molar-refractivity contribution is 5.72. The second-order valence-corrected chi connectivity index (χ2v) is 25.5. The number of carbonyl (C=O) groups is 4. The molecular formula is C72H119N5O20. The van der Waals surface area contributed by atoms with Crippen LogP contribution in [0.3, 0.4) is 0 Å². The van der Waals surface area contributed by atoms with Crippen molar-refractivity contribution in [3.05, 3.63) is 72.9 Å². The Balaban J connectivity index is 0.000000186. The van der Waals surface area contributed by atoms with Gasteiger partial charge in [-0.3, -0.25) is 19.6 Å². The zero-order valence-corrected chi connectivity index (χ0v) is 57.7. The van der Waals surface area contributed by atoms with Crippen molar-refractivity contribution >= 4 is 24.4 Å². The molecule has 5 aliphatic heterocycles. The van der Waals surface area contributed by atoms with Crippen LogP contribution in [0, 0.1) is 0 Å². The van der Waals surface area contributed by atoms with Gasteiger partial charge >= 0.3 is 24.4 Å². The Morgan fingerprint density at radius 1 is 0.320 bits per heavy atom. The summed E-state index contributed by atoms with van der Waals surface area (Å²) in [5.41, 5.74) is 0. The maximum absolute atomic E-state index is 11.8. The van der Waals surface area contributed by atoms with Crippen molar-refractivity contribution in [2.45, 2.75) is 227 Å². The van der Waals surface area contributed by atoms with Gasteiger partial charge in [-0.2, -0.15) is 0 Å². The molecule has 25 nitrogen and oxygen atoms in total. The Morgan fingerprint density at radius 2 is 0.557 bits per heavy atom. The lowest BCUT2D eigenvalue weighted by atomic mass is 9.98. The van der Waals surface area contributed by atoms with Crippen LogP contribution in [0.15, 0.2) is 72.9 Å². The number of allylic oxidation sites excluding steroid dienone is 12. The minimum atomic E-state index is -0.261. The lowest BCUT2D eigenvalue weighted by molar-refractivity contribution is 0.0747. The Hall–Kier alpha value is -5.00. The SMILES string of the molecule is C1=CCCC2OC2CC1.O=C1O[C@H]2CC/C=C/CCC2N1CCOCCO.O=C1O[C@H]2CC/C=C/CCC2N1CCOCCO.O=C1O[C@H]2CC/C=C\CCC2N1CCOCCO.O=C1O[C@H]2CC/C=C\CCC2N1CCOCCO.OCCOCCN[C@H]1CC/C=C\CC[C@@H]1O. The van der Waals surface area contributed by atoms with E-state index in [-0.39, 0.29) is 118 Å². The van der Waals surface area contributed by atoms with E-state index in [0.29, 0.717) is 104 Å². The number of nitrogens with zero attached hydrogens (tertiary/aromatic N) is 4. The third kappa shape index (κ3) is 30.4. The Morgan fingerprint density at radius 3 is 0.835 bits per heavy atom. The van der Waals surface area contributed by atoms with Crippen LogP contribution in [-0.4, -0.2) is 279 Å². The van der Waals surface area contributed by atoms with Crippen molar-refractivity contribution in [1.82, 2.24) is 24.9 Å². The van der Waals surface area contributed by atoms with E-state index in [0.717, 1.165) is 135 Å². The fourth-order valence-corrected chi connectivity index (χ4v) is 13.6. The zero-order valence-electron chi connectivity index (χ0n) is 57.7. The monoisotopic (exact) mass is 1370 g/mol. The third-order valence-electron chi connectivity index (χ3n) is 18.7. The van der Waals surface area contributed by atoms with Crippen molar-refractivity contribution in [3.63, 3.8) is 0 Å². The van der Waals surface area contributed by atoms with E-state index in [2.05, 4.69) is 78.2 Å². The fourth-order valence-electron chi connectivity index (χ4n) is 13.6. The molecule has 0 bridgehead atoms. The van der Waals surface area contributed by atoms with Gasteiger partial charge in [-0.1, -0.05) is 72.9 Å². The van der Waals surface area contributed by atoms with Crippen LogP contribution in [-0.2, 0) is 47.4 Å². The van der Waals surface area contributed by atoms with Gasteiger partial charge in [0.25, 0.3) is 0 Å². The van der Waals surface area contributed by atoms with Gasteiger partial charge in [-0.05, 0) is 154 Å². The first kappa shape index (κ1) is 81.0. The normalized spacial score (nSPS) is 30.3. The molecule has 0 radical (unpaired) electrons. The van der Waals surface area contributed by atoms with E-state index in [4.69, 9.17) is 72.9 Å². The number of nitrogens with one attached hydrogen (secondary N) is 1. The van der Waals surface area contributed by atoms with Crippen LogP contribution in [0.25, 0.3) is 0 Å². The number of carbonyl (C=O) groups excluding carboxylic acids is 4. The molecule has 7 N–H and O–H groups in total. The highest BCUT2D eigenvalue weighted by atomic mass is 16.6. The number of epoxide rings is 1. The predicted octanol–water partition coefficient (Wildman–Crippen LogP) is 7.59. The van der Waals surface area contributed by atoms with Crippen LogP contribution in [0.1, 0.15) is 154 Å². The van der Waals surface area contributed by atoms with Gasteiger partial charge in [-0.15, -0.1) is 0 Å². The second kappa shape index (κ2) is 49.5. The van der Waals surface area contributed by atoms with Gasteiger partial charge in [-0.25, -0.2) is 19.2 Å². The summed E-state index contributed by atoms with van der Waals surface area (Å²) in [6.45, 7) is 7.09. The molecule has 0 saturated carbocycles. The predicted molar refractivity (Wildman–Crippen MR) is 365 cm³/mol. The zero-order chi connectivity index (χ0) is 68.9. The number of aliphatic hydroxyl groups is 6. The minimum absolute atomic E-state index is 0.0152. The summed E-state index contributed by atoms with van der Waals surface area (Å²) in [4.78, 5) is 54.3. The lowest BCUT2D eigenvalue weighted by Gasteiger charge is -2.25. The van der Waals surface area contributed by atoms with Crippen LogP contribution in [0.4, 0.5) is 19.2 Å². The maximum Gasteiger partial charge on any atom is 0.410 e. The Kier molecular flexibility index (Phi) is 41.3. The van der Waals surface area contributed by atoms with Gasteiger partial charge < -0.3 is 83.3 Å². The van der Waals surface area contributed by atoms with Gasteiger partial charge in [0.1, 0.15) is 24.4 Å². The van der Waals surface area contributed by atoms with Gasteiger partial charge in [0.15, 0.2) is 0 Å². The average Bonchev–Trinajstić information content (AvgIpc) is 1.71. The summed E-state index contributed by atoms with van der Waals surface area (Å²) < 4.78 is 53.1. The molecule has 6 aliphatic carbocycles. The third-order valence-corrected chi connectivity index (χ3v) is 18.7. The number of aliphatic hydroxyl groups excluding tert-OH is 6. The first-order valence-corrected chi connectivity index (χ1v) is 36.4. The van der Waals surface area contributed by atoms with E-state index in [9.17, 15) is 24.3 Å².